The van der Waals surface area contributed by atoms with Crippen LogP contribution in [0.25, 0.3) is 0 Å². The minimum absolute atomic E-state index is 0.433. The molecular weight excluding hydrogens is 210 g/mol. The number of hydrogen-bond donors (Lipinski definition) is 0. The van der Waals surface area contributed by atoms with Crippen LogP contribution in [0.5, 0.6) is 0 Å². The van der Waals surface area contributed by atoms with E-state index in [1.807, 2.05) is 12.1 Å². The molecule has 1 aliphatic rings. The molecule has 82 valence electrons. The molecule has 0 aliphatic heterocycles. The molecule has 0 amide bonds. The minimum atomic E-state index is 0.433. The largest absolute Gasteiger partial charge is 0.355 e. The van der Waals surface area contributed by atoms with E-state index in [4.69, 9.17) is 11.6 Å². The quantitative estimate of drug-likeness (QED) is 0.721. The maximum Gasteiger partial charge on any atom is 0.151 e. The van der Waals surface area contributed by atoms with Gasteiger partial charge in [0.2, 0.25) is 0 Å². The Morgan fingerprint density at radius 3 is 2.67 bits per heavy atom. The standard InChI is InChI=1S/C11H16ClN3/c1-2-15(8-9-3-4-9)11-6-5-10(7-12)13-14-11/h5-6,9H,2-4,7-8H2,1H3. The second kappa shape index (κ2) is 4.79. The molecule has 1 saturated carbocycles. The van der Waals surface area contributed by atoms with Gasteiger partial charge in [-0.2, -0.15) is 5.10 Å². The van der Waals surface area contributed by atoms with Crippen LogP contribution in [0.4, 0.5) is 5.82 Å². The van der Waals surface area contributed by atoms with Gasteiger partial charge in [0.1, 0.15) is 0 Å². The summed E-state index contributed by atoms with van der Waals surface area (Å²) in [4.78, 5) is 2.28. The number of nitrogens with zero attached hydrogens (tertiary/aromatic N) is 3. The Labute approximate surface area is 95.5 Å². The number of halogens is 1. The number of rotatable bonds is 5. The third kappa shape index (κ3) is 2.81. The SMILES string of the molecule is CCN(CC1CC1)c1ccc(CCl)nn1. The van der Waals surface area contributed by atoms with Gasteiger partial charge in [-0.1, -0.05) is 0 Å². The van der Waals surface area contributed by atoms with Crippen molar-refractivity contribution in [3.63, 3.8) is 0 Å². The molecule has 0 saturated heterocycles. The van der Waals surface area contributed by atoms with Crippen molar-refractivity contribution >= 4 is 17.4 Å². The molecule has 1 heterocycles. The predicted molar refractivity (Wildman–Crippen MR) is 62.2 cm³/mol. The van der Waals surface area contributed by atoms with E-state index in [0.717, 1.165) is 30.5 Å². The van der Waals surface area contributed by atoms with Gasteiger partial charge in [-0.25, -0.2) is 0 Å². The predicted octanol–water partition coefficient (Wildman–Crippen LogP) is 2.45. The molecule has 0 spiro atoms. The maximum absolute atomic E-state index is 5.67. The van der Waals surface area contributed by atoms with Crippen LogP contribution in [0, 0.1) is 5.92 Å². The van der Waals surface area contributed by atoms with Gasteiger partial charge in [0.15, 0.2) is 5.82 Å². The molecule has 0 aromatic carbocycles. The first kappa shape index (κ1) is 10.7. The topological polar surface area (TPSA) is 29.0 Å². The summed E-state index contributed by atoms with van der Waals surface area (Å²) in [5.74, 6) is 2.28. The molecule has 1 aliphatic carbocycles. The Balaban J connectivity index is 2.03. The molecule has 0 unspecified atom stereocenters. The van der Waals surface area contributed by atoms with Crippen LogP contribution < -0.4 is 4.90 Å². The van der Waals surface area contributed by atoms with Gasteiger partial charge in [0.05, 0.1) is 11.6 Å². The zero-order valence-corrected chi connectivity index (χ0v) is 9.74. The summed E-state index contributed by atoms with van der Waals surface area (Å²) < 4.78 is 0. The van der Waals surface area contributed by atoms with Crippen molar-refractivity contribution in [3.05, 3.63) is 17.8 Å². The lowest BCUT2D eigenvalue weighted by Crippen LogP contribution is -2.26. The summed E-state index contributed by atoms with van der Waals surface area (Å²) in [5.41, 5.74) is 0.836. The summed E-state index contributed by atoms with van der Waals surface area (Å²) in [7, 11) is 0. The van der Waals surface area contributed by atoms with Gasteiger partial charge >= 0.3 is 0 Å². The van der Waals surface area contributed by atoms with Crippen molar-refractivity contribution in [2.45, 2.75) is 25.6 Å². The Morgan fingerprint density at radius 1 is 1.40 bits per heavy atom. The van der Waals surface area contributed by atoms with E-state index in [1.165, 1.54) is 12.8 Å². The average molecular weight is 226 g/mol. The lowest BCUT2D eigenvalue weighted by molar-refractivity contribution is 0.722. The molecule has 0 radical (unpaired) electrons. The number of aromatic nitrogens is 2. The Morgan fingerprint density at radius 2 is 2.20 bits per heavy atom. The van der Waals surface area contributed by atoms with Gasteiger partial charge in [-0.3, -0.25) is 0 Å². The summed E-state index contributed by atoms with van der Waals surface area (Å²) >= 11 is 5.67. The van der Waals surface area contributed by atoms with Crippen molar-refractivity contribution < 1.29 is 0 Å². The number of anilines is 1. The van der Waals surface area contributed by atoms with Crippen LogP contribution in [0.15, 0.2) is 12.1 Å². The maximum atomic E-state index is 5.67. The highest BCUT2D eigenvalue weighted by atomic mass is 35.5. The van der Waals surface area contributed by atoms with Crippen molar-refractivity contribution in [3.8, 4) is 0 Å². The normalized spacial score (nSPS) is 15.3. The van der Waals surface area contributed by atoms with Gasteiger partial charge in [0, 0.05) is 13.1 Å². The van der Waals surface area contributed by atoms with E-state index in [9.17, 15) is 0 Å². The van der Waals surface area contributed by atoms with Crippen LogP contribution in [-0.4, -0.2) is 23.3 Å². The lowest BCUT2D eigenvalue weighted by Gasteiger charge is -2.20. The fourth-order valence-electron chi connectivity index (χ4n) is 1.59. The van der Waals surface area contributed by atoms with E-state index < -0.39 is 0 Å². The first-order valence-corrected chi connectivity index (χ1v) is 6.00. The van der Waals surface area contributed by atoms with Crippen molar-refractivity contribution in [2.24, 2.45) is 5.92 Å². The molecule has 0 bridgehead atoms. The summed E-state index contributed by atoms with van der Waals surface area (Å²) in [5, 5.41) is 8.26. The summed E-state index contributed by atoms with van der Waals surface area (Å²) in [6.07, 6.45) is 2.73. The smallest absolute Gasteiger partial charge is 0.151 e. The van der Waals surface area contributed by atoms with E-state index in [-0.39, 0.29) is 0 Å². The average Bonchev–Trinajstić information content (AvgIpc) is 3.10. The monoisotopic (exact) mass is 225 g/mol. The minimum Gasteiger partial charge on any atom is -0.355 e. The van der Waals surface area contributed by atoms with Gasteiger partial charge < -0.3 is 4.90 Å². The highest BCUT2D eigenvalue weighted by Gasteiger charge is 2.24. The lowest BCUT2D eigenvalue weighted by atomic mass is 10.3. The highest BCUT2D eigenvalue weighted by Crippen LogP contribution is 2.30. The van der Waals surface area contributed by atoms with Crippen molar-refractivity contribution in [2.75, 3.05) is 18.0 Å². The highest BCUT2D eigenvalue weighted by molar-refractivity contribution is 6.16. The first-order valence-electron chi connectivity index (χ1n) is 5.47. The second-order valence-electron chi connectivity index (χ2n) is 4.00. The molecule has 2 rings (SSSR count). The molecule has 15 heavy (non-hydrogen) atoms. The third-order valence-electron chi connectivity index (χ3n) is 2.72. The number of hydrogen-bond acceptors (Lipinski definition) is 3. The van der Waals surface area contributed by atoms with E-state index >= 15 is 0 Å². The van der Waals surface area contributed by atoms with E-state index in [1.54, 1.807) is 0 Å². The Hall–Kier alpha value is -0.830. The van der Waals surface area contributed by atoms with Gasteiger partial charge in [-0.05, 0) is 37.8 Å². The Bertz CT molecular complexity index is 308. The molecule has 1 aromatic rings. The molecule has 1 fully saturated rings. The molecule has 4 heteroatoms. The summed E-state index contributed by atoms with van der Waals surface area (Å²) in [6.45, 7) is 4.26. The van der Waals surface area contributed by atoms with Gasteiger partial charge in [0.25, 0.3) is 0 Å². The van der Waals surface area contributed by atoms with Gasteiger partial charge in [-0.15, -0.1) is 16.7 Å². The zero-order valence-electron chi connectivity index (χ0n) is 8.99. The van der Waals surface area contributed by atoms with Crippen LogP contribution in [0.3, 0.4) is 0 Å². The zero-order chi connectivity index (χ0) is 10.7. The number of alkyl halides is 1. The van der Waals surface area contributed by atoms with E-state index in [0.29, 0.717) is 5.88 Å². The Kier molecular flexibility index (Phi) is 3.41. The van der Waals surface area contributed by atoms with Crippen LogP contribution in [0.1, 0.15) is 25.5 Å². The second-order valence-corrected chi connectivity index (χ2v) is 4.27. The molecule has 1 aromatic heterocycles. The summed E-state index contributed by atoms with van der Waals surface area (Å²) in [6, 6.07) is 3.96. The molecule has 0 atom stereocenters. The molecular formula is C11H16ClN3. The fraction of sp³-hybridized carbons (Fsp3) is 0.636. The third-order valence-corrected chi connectivity index (χ3v) is 3.00. The van der Waals surface area contributed by atoms with Crippen LogP contribution in [-0.2, 0) is 5.88 Å². The molecule has 3 nitrogen and oxygen atoms in total. The van der Waals surface area contributed by atoms with Crippen LogP contribution in [0.2, 0.25) is 0 Å². The van der Waals surface area contributed by atoms with Crippen molar-refractivity contribution in [1.29, 1.82) is 0 Å². The van der Waals surface area contributed by atoms with Crippen molar-refractivity contribution in [1.82, 2.24) is 10.2 Å². The van der Waals surface area contributed by atoms with E-state index in [2.05, 4.69) is 22.0 Å². The van der Waals surface area contributed by atoms with Crippen LogP contribution >= 0.6 is 11.6 Å². The first-order chi connectivity index (χ1) is 7.33. The fourth-order valence-corrected chi connectivity index (χ4v) is 1.73. The molecule has 0 N–H and O–H groups in total.